The Balaban J connectivity index is 1.30. The smallest absolute Gasteiger partial charge is 0.227 e. The van der Waals surface area contributed by atoms with Crippen molar-refractivity contribution in [2.75, 3.05) is 37.7 Å². The van der Waals surface area contributed by atoms with Gasteiger partial charge < -0.3 is 19.9 Å². The van der Waals surface area contributed by atoms with E-state index in [2.05, 4.69) is 23.5 Å². The van der Waals surface area contributed by atoms with Crippen molar-refractivity contribution in [1.82, 2.24) is 5.32 Å². The van der Waals surface area contributed by atoms with Crippen LogP contribution in [0.5, 0.6) is 0 Å². The standard InChI is InChI=1S/C24H29N3O3/c28-23(16-19-7-9-22(10-8-19)27-11-3-6-24(27)29)25-17-20-4-1-2-5-21(20)18-26-12-14-30-15-13-26/h1-2,4-5,7-10H,3,6,11-18H2,(H,25,28)/p+1. The number of rotatable bonds is 7. The SMILES string of the molecule is O=C(Cc1ccc(N2CCCC2=O)cc1)NCc1ccccc1C[NH+]1CCOCC1. The zero-order valence-electron chi connectivity index (χ0n) is 17.4. The number of nitrogens with one attached hydrogen (secondary N) is 2. The zero-order chi connectivity index (χ0) is 20.8. The van der Waals surface area contributed by atoms with Crippen molar-refractivity contribution < 1.29 is 19.2 Å². The van der Waals surface area contributed by atoms with E-state index in [0.717, 1.165) is 57.1 Å². The van der Waals surface area contributed by atoms with Crippen LogP contribution in [0.25, 0.3) is 0 Å². The van der Waals surface area contributed by atoms with E-state index in [-0.39, 0.29) is 11.8 Å². The minimum atomic E-state index is 0.00789. The van der Waals surface area contributed by atoms with Crippen LogP contribution in [0.2, 0.25) is 0 Å². The lowest BCUT2D eigenvalue weighted by Gasteiger charge is -2.24. The molecule has 6 heteroatoms. The average molecular weight is 409 g/mol. The van der Waals surface area contributed by atoms with Gasteiger partial charge in [-0.2, -0.15) is 0 Å². The number of carbonyl (C=O) groups is 2. The highest BCUT2D eigenvalue weighted by Crippen LogP contribution is 2.21. The first-order chi connectivity index (χ1) is 14.7. The van der Waals surface area contributed by atoms with Gasteiger partial charge in [0.05, 0.1) is 19.6 Å². The fraction of sp³-hybridized carbons (Fsp3) is 0.417. The van der Waals surface area contributed by atoms with Crippen LogP contribution in [0.1, 0.15) is 29.5 Å². The van der Waals surface area contributed by atoms with Crippen LogP contribution < -0.4 is 15.1 Å². The minimum Gasteiger partial charge on any atom is -0.370 e. The van der Waals surface area contributed by atoms with Gasteiger partial charge in [0.15, 0.2) is 0 Å². The van der Waals surface area contributed by atoms with E-state index in [1.165, 1.54) is 16.0 Å². The molecule has 0 saturated carbocycles. The lowest BCUT2D eigenvalue weighted by atomic mass is 10.1. The first-order valence-corrected chi connectivity index (χ1v) is 10.8. The highest BCUT2D eigenvalue weighted by atomic mass is 16.5. The molecule has 0 aliphatic carbocycles. The molecule has 0 aromatic heterocycles. The number of morpholine rings is 1. The maximum atomic E-state index is 12.5. The normalized spacial score (nSPS) is 17.3. The number of carbonyl (C=O) groups excluding carboxylic acids is 2. The molecule has 0 atom stereocenters. The molecule has 2 fully saturated rings. The van der Waals surface area contributed by atoms with Crippen molar-refractivity contribution >= 4 is 17.5 Å². The minimum absolute atomic E-state index is 0.00789. The van der Waals surface area contributed by atoms with Gasteiger partial charge >= 0.3 is 0 Å². The number of anilines is 1. The molecule has 0 bridgehead atoms. The highest BCUT2D eigenvalue weighted by molar-refractivity contribution is 5.95. The third-order valence-corrected chi connectivity index (χ3v) is 5.92. The van der Waals surface area contributed by atoms with Crippen molar-refractivity contribution in [2.45, 2.75) is 32.4 Å². The molecule has 30 heavy (non-hydrogen) atoms. The van der Waals surface area contributed by atoms with Gasteiger partial charge in [0.1, 0.15) is 19.6 Å². The van der Waals surface area contributed by atoms with Crippen LogP contribution in [0.4, 0.5) is 5.69 Å². The van der Waals surface area contributed by atoms with Gasteiger partial charge in [-0.3, -0.25) is 9.59 Å². The maximum absolute atomic E-state index is 12.5. The molecule has 2 aromatic carbocycles. The van der Waals surface area contributed by atoms with E-state index in [1.54, 1.807) is 0 Å². The van der Waals surface area contributed by atoms with Crippen LogP contribution in [0, 0.1) is 0 Å². The number of hydrogen-bond acceptors (Lipinski definition) is 3. The number of benzene rings is 2. The van der Waals surface area contributed by atoms with E-state index >= 15 is 0 Å². The van der Waals surface area contributed by atoms with E-state index in [1.807, 2.05) is 35.2 Å². The van der Waals surface area contributed by atoms with Crippen molar-refractivity contribution in [3.05, 3.63) is 65.2 Å². The van der Waals surface area contributed by atoms with Crippen molar-refractivity contribution in [1.29, 1.82) is 0 Å². The molecular weight excluding hydrogens is 378 g/mol. The Morgan fingerprint density at radius 3 is 2.47 bits per heavy atom. The monoisotopic (exact) mass is 408 g/mol. The van der Waals surface area contributed by atoms with Crippen LogP contribution in [-0.4, -0.2) is 44.7 Å². The quantitative estimate of drug-likeness (QED) is 0.721. The molecule has 6 nitrogen and oxygen atoms in total. The summed E-state index contributed by atoms with van der Waals surface area (Å²) in [5, 5.41) is 3.06. The van der Waals surface area contributed by atoms with Crippen molar-refractivity contribution in [2.24, 2.45) is 0 Å². The summed E-state index contributed by atoms with van der Waals surface area (Å²) in [7, 11) is 0. The number of quaternary nitrogens is 1. The number of nitrogens with zero attached hydrogens (tertiary/aromatic N) is 1. The summed E-state index contributed by atoms with van der Waals surface area (Å²) in [5.74, 6) is 0.187. The largest absolute Gasteiger partial charge is 0.370 e. The van der Waals surface area contributed by atoms with Gasteiger partial charge in [0, 0.05) is 30.8 Å². The Labute approximate surface area is 177 Å². The number of ether oxygens (including phenoxy) is 1. The number of hydrogen-bond donors (Lipinski definition) is 2. The molecule has 0 radical (unpaired) electrons. The second-order valence-electron chi connectivity index (χ2n) is 8.08. The van der Waals surface area contributed by atoms with E-state index < -0.39 is 0 Å². The average Bonchev–Trinajstić information content (AvgIpc) is 3.20. The van der Waals surface area contributed by atoms with Gasteiger partial charge in [-0.25, -0.2) is 0 Å². The molecule has 2 saturated heterocycles. The fourth-order valence-corrected chi connectivity index (χ4v) is 4.17. The van der Waals surface area contributed by atoms with Crippen LogP contribution in [0.15, 0.2) is 48.5 Å². The Hall–Kier alpha value is -2.70. The van der Waals surface area contributed by atoms with Gasteiger partial charge in [-0.05, 0) is 29.7 Å². The van der Waals surface area contributed by atoms with Crippen molar-refractivity contribution in [3.8, 4) is 0 Å². The van der Waals surface area contributed by atoms with Crippen molar-refractivity contribution in [3.63, 3.8) is 0 Å². The van der Waals surface area contributed by atoms with E-state index in [0.29, 0.717) is 19.4 Å². The maximum Gasteiger partial charge on any atom is 0.227 e. The third-order valence-electron chi connectivity index (χ3n) is 5.92. The summed E-state index contributed by atoms with van der Waals surface area (Å²) in [4.78, 5) is 27.7. The first-order valence-electron chi connectivity index (χ1n) is 10.8. The van der Waals surface area contributed by atoms with Gasteiger partial charge in [-0.1, -0.05) is 36.4 Å². The molecule has 2 aliphatic rings. The zero-order valence-corrected chi connectivity index (χ0v) is 17.4. The van der Waals surface area contributed by atoms with Crippen LogP contribution in [0.3, 0.4) is 0 Å². The molecule has 2 amide bonds. The predicted octanol–water partition coefficient (Wildman–Crippen LogP) is 1.09. The lowest BCUT2D eigenvalue weighted by molar-refractivity contribution is -0.921. The second-order valence-corrected chi connectivity index (χ2v) is 8.08. The predicted molar refractivity (Wildman–Crippen MR) is 115 cm³/mol. The number of amides is 2. The Morgan fingerprint density at radius 1 is 1.03 bits per heavy atom. The van der Waals surface area contributed by atoms with Gasteiger partial charge in [0.2, 0.25) is 11.8 Å². The summed E-state index contributed by atoms with van der Waals surface area (Å²) in [5.41, 5.74) is 4.33. The molecule has 0 spiro atoms. The Kier molecular flexibility index (Phi) is 6.77. The second kappa shape index (κ2) is 9.87. The highest BCUT2D eigenvalue weighted by Gasteiger charge is 2.21. The summed E-state index contributed by atoms with van der Waals surface area (Å²) in [6, 6.07) is 16.1. The summed E-state index contributed by atoms with van der Waals surface area (Å²) in [6.45, 7) is 5.98. The lowest BCUT2D eigenvalue weighted by Crippen LogP contribution is -3.12. The summed E-state index contributed by atoms with van der Waals surface area (Å²) < 4.78 is 5.45. The first kappa shape index (κ1) is 20.6. The van der Waals surface area contributed by atoms with Crippen LogP contribution >= 0.6 is 0 Å². The fourth-order valence-electron chi connectivity index (χ4n) is 4.17. The van der Waals surface area contributed by atoms with E-state index in [9.17, 15) is 9.59 Å². The van der Waals surface area contributed by atoms with E-state index in [4.69, 9.17) is 4.74 Å². The molecular formula is C24H30N3O3+. The molecule has 4 rings (SSSR count). The summed E-state index contributed by atoms with van der Waals surface area (Å²) in [6.07, 6.45) is 1.88. The van der Waals surface area contributed by atoms with Gasteiger partial charge in [-0.15, -0.1) is 0 Å². The Bertz CT molecular complexity index is 876. The molecule has 158 valence electrons. The topological polar surface area (TPSA) is 63.1 Å². The summed E-state index contributed by atoms with van der Waals surface area (Å²) >= 11 is 0. The molecule has 0 unspecified atom stereocenters. The Morgan fingerprint density at radius 2 is 1.77 bits per heavy atom. The molecule has 2 aromatic rings. The molecule has 2 heterocycles. The molecule has 2 aliphatic heterocycles. The third kappa shape index (κ3) is 5.26. The molecule has 2 N–H and O–H groups in total. The van der Waals surface area contributed by atoms with Crippen LogP contribution in [-0.2, 0) is 33.8 Å². The van der Waals surface area contributed by atoms with Gasteiger partial charge in [0.25, 0.3) is 0 Å².